The molecule has 0 radical (unpaired) electrons. The van der Waals surface area contributed by atoms with Crippen LogP contribution in [0.1, 0.15) is 49.7 Å². The Hall–Kier alpha value is -3.65. The maximum absolute atomic E-state index is 13.7. The van der Waals surface area contributed by atoms with Crippen molar-refractivity contribution in [1.82, 2.24) is 15.3 Å². The van der Waals surface area contributed by atoms with Crippen molar-refractivity contribution in [2.24, 2.45) is 0 Å². The molecule has 2 aromatic heterocycles. The fourth-order valence-corrected chi connectivity index (χ4v) is 5.25. The second kappa shape index (κ2) is 11.0. The molecule has 2 saturated heterocycles. The Kier molecular flexibility index (Phi) is 7.72. The lowest BCUT2D eigenvalue weighted by Crippen LogP contribution is -2.56. The summed E-state index contributed by atoms with van der Waals surface area (Å²) in [5.41, 5.74) is 1.10. The molecule has 2 aromatic rings. The molecule has 2 fully saturated rings. The van der Waals surface area contributed by atoms with E-state index in [1.165, 1.54) is 17.2 Å². The first kappa shape index (κ1) is 28.9. The van der Waals surface area contributed by atoms with Crippen molar-refractivity contribution >= 4 is 29.3 Å². The molecule has 5 rings (SSSR count). The first-order valence-electron chi connectivity index (χ1n) is 13.5. The monoisotopic (exact) mass is 578 g/mol. The number of halogens is 3. The Balaban J connectivity index is 1.36. The van der Waals surface area contributed by atoms with Gasteiger partial charge in [0.25, 0.3) is 5.91 Å². The molecule has 2 bridgehead atoms. The van der Waals surface area contributed by atoms with Crippen LogP contribution in [-0.4, -0.2) is 78.4 Å². The number of rotatable bonds is 6. The first-order valence-corrected chi connectivity index (χ1v) is 13.5. The van der Waals surface area contributed by atoms with Gasteiger partial charge in [-0.25, -0.2) is 14.8 Å². The molecule has 3 aliphatic rings. The second-order valence-electron chi connectivity index (χ2n) is 10.9. The molecule has 3 aliphatic heterocycles. The van der Waals surface area contributed by atoms with Gasteiger partial charge in [0.15, 0.2) is 11.6 Å². The lowest BCUT2D eigenvalue weighted by atomic mass is 9.98. The topological polar surface area (TPSA) is 118 Å². The number of amides is 3. The Morgan fingerprint density at radius 2 is 2.07 bits per heavy atom. The Bertz CT molecular complexity index is 1320. The lowest BCUT2D eigenvalue weighted by Gasteiger charge is -2.46. The van der Waals surface area contributed by atoms with Gasteiger partial charge in [-0.05, 0) is 58.2 Å². The highest BCUT2D eigenvalue weighted by atomic mass is 19.4. The van der Waals surface area contributed by atoms with E-state index in [1.807, 2.05) is 19.2 Å². The number of aryl methyl sites for hydroxylation is 1. The molecule has 0 unspecified atom stereocenters. The van der Waals surface area contributed by atoms with E-state index in [4.69, 9.17) is 14.2 Å². The van der Waals surface area contributed by atoms with Crippen LogP contribution < -0.4 is 25.2 Å². The predicted octanol–water partition coefficient (Wildman–Crippen LogP) is 4.02. The maximum atomic E-state index is 13.7. The molecule has 11 nitrogen and oxygen atoms in total. The van der Waals surface area contributed by atoms with Crippen LogP contribution in [0.25, 0.3) is 0 Å². The van der Waals surface area contributed by atoms with Crippen LogP contribution in [0.2, 0.25) is 0 Å². The minimum absolute atomic E-state index is 0.203. The number of pyridine rings is 2. The highest BCUT2D eigenvalue weighted by Crippen LogP contribution is 2.41. The van der Waals surface area contributed by atoms with Crippen LogP contribution in [0.5, 0.6) is 5.75 Å². The standard InChI is InChI=1S/C27H33F3N6O5/c1-15-10-20(24(37)32-16(2)27(28,29)30)33-23-22(15)35-9-5-6-17(12-35)36(23)25(38)34-21-11-18(7-8-31-21)39-13-19-14-40-26(3,4)41-19/h7-8,10-11,16-17,19H,5-6,9,12-14H2,1-4H3,(H,32,37)(H,31,34,38)/t16-,17+,19+/m1/s1. The number of alkyl halides is 3. The molecular formula is C27H33F3N6O5. The van der Waals surface area contributed by atoms with Gasteiger partial charge in [-0.2, -0.15) is 13.2 Å². The highest BCUT2D eigenvalue weighted by Gasteiger charge is 2.41. The van der Waals surface area contributed by atoms with E-state index in [-0.39, 0.29) is 36.1 Å². The smallest absolute Gasteiger partial charge is 0.408 e. The highest BCUT2D eigenvalue weighted by molar-refractivity contribution is 6.05. The summed E-state index contributed by atoms with van der Waals surface area (Å²) in [4.78, 5) is 38.6. The number of hydrogen-bond acceptors (Lipinski definition) is 8. The van der Waals surface area contributed by atoms with Gasteiger partial charge in [-0.3, -0.25) is 15.0 Å². The van der Waals surface area contributed by atoms with E-state index >= 15 is 0 Å². The van der Waals surface area contributed by atoms with Gasteiger partial charge in [0.2, 0.25) is 0 Å². The minimum atomic E-state index is -4.60. The van der Waals surface area contributed by atoms with Gasteiger partial charge in [0.05, 0.1) is 18.3 Å². The zero-order valence-corrected chi connectivity index (χ0v) is 23.2. The molecule has 3 amide bonds. The van der Waals surface area contributed by atoms with Crippen molar-refractivity contribution in [1.29, 1.82) is 0 Å². The van der Waals surface area contributed by atoms with E-state index < -0.39 is 29.9 Å². The normalized spacial score (nSPS) is 22.1. The number of carbonyl (C=O) groups excluding carboxylic acids is 2. The van der Waals surface area contributed by atoms with Crippen LogP contribution in [0.15, 0.2) is 24.4 Å². The molecule has 41 heavy (non-hydrogen) atoms. The summed E-state index contributed by atoms with van der Waals surface area (Å²) in [6.07, 6.45) is -1.81. The van der Waals surface area contributed by atoms with E-state index in [0.29, 0.717) is 36.6 Å². The van der Waals surface area contributed by atoms with Crippen LogP contribution in [-0.2, 0) is 9.47 Å². The number of fused-ring (bicyclic) bond motifs is 4. The largest absolute Gasteiger partial charge is 0.491 e. The van der Waals surface area contributed by atoms with E-state index in [1.54, 1.807) is 19.1 Å². The molecule has 0 saturated carbocycles. The fourth-order valence-electron chi connectivity index (χ4n) is 5.25. The number of nitrogens with one attached hydrogen (secondary N) is 2. The Morgan fingerprint density at radius 1 is 1.29 bits per heavy atom. The molecule has 0 aromatic carbocycles. The summed E-state index contributed by atoms with van der Waals surface area (Å²) in [6, 6.07) is 1.85. The van der Waals surface area contributed by atoms with E-state index in [9.17, 15) is 22.8 Å². The third-order valence-electron chi connectivity index (χ3n) is 7.23. The van der Waals surface area contributed by atoms with Gasteiger partial charge in [0, 0.05) is 25.4 Å². The molecular weight excluding hydrogens is 545 g/mol. The van der Waals surface area contributed by atoms with Crippen LogP contribution in [0.3, 0.4) is 0 Å². The number of hydrogen-bond donors (Lipinski definition) is 2. The van der Waals surface area contributed by atoms with Crippen molar-refractivity contribution in [3.8, 4) is 5.75 Å². The van der Waals surface area contributed by atoms with Crippen molar-refractivity contribution in [3.05, 3.63) is 35.7 Å². The van der Waals surface area contributed by atoms with Crippen molar-refractivity contribution in [2.75, 3.05) is 41.4 Å². The lowest BCUT2D eigenvalue weighted by molar-refractivity contribution is -0.149. The van der Waals surface area contributed by atoms with Gasteiger partial charge in [-0.15, -0.1) is 0 Å². The Morgan fingerprint density at radius 3 is 2.78 bits per heavy atom. The maximum Gasteiger partial charge on any atom is 0.408 e. The van der Waals surface area contributed by atoms with Crippen molar-refractivity contribution < 1.29 is 37.0 Å². The minimum Gasteiger partial charge on any atom is -0.491 e. The summed E-state index contributed by atoms with van der Waals surface area (Å²) in [5.74, 6) is -0.719. The number of urea groups is 1. The summed E-state index contributed by atoms with van der Waals surface area (Å²) in [7, 11) is 0. The zero-order valence-electron chi connectivity index (χ0n) is 23.2. The number of ether oxygens (including phenoxy) is 3. The number of aromatic nitrogens is 2. The van der Waals surface area contributed by atoms with Crippen molar-refractivity contribution in [2.45, 2.75) is 70.7 Å². The molecule has 0 spiro atoms. The van der Waals surface area contributed by atoms with E-state index in [0.717, 1.165) is 19.9 Å². The van der Waals surface area contributed by atoms with Gasteiger partial charge < -0.3 is 24.4 Å². The molecule has 222 valence electrons. The van der Waals surface area contributed by atoms with Crippen LogP contribution in [0, 0.1) is 6.92 Å². The fraction of sp³-hybridized carbons (Fsp3) is 0.556. The average Bonchev–Trinajstić information content (AvgIpc) is 3.25. The van der Waals surface area contributed by atoms with Crippen LogP contribution in [0.4, 0.5) is 35.3 Å². The molecule has 5 heterocycles. The predicted molar refractivity (Wildman–Crippen MR) is 143 cm³/mol. The van der Waals surface area contributed by atoms with Gasteiger partial charge in [0.1, 0.15) is 36.0 Å². The van der Waals surface area contributed by atoms with Gasteiger partial charge in [-0.1, -0.05) is 0 Å². The number of nitrogens with zero attached hydrogens (tertiary/aromatic N) is 4. The molecule has 14 heteroatoms. The number of anilines is 3. The average molecular weight is 579 g/mol. The summed E-state index contributed by atoms with van der Waals surface area (Å²) < 4.78 is 56.3. The SMILES string of the molecule is Cc1cc(C(=O)N[C@H](C)C(F)(F)F)nc2c1N1CCC[C@@H](C1)N2C(=O)Nc1cc(OC[C@H]2COC(C)(C)O2)ccn1. The zero-order chi connectivity index (χ0) is 29.5. The molecule has 0 aliphatic carbocycles. The van der Waals surface area contributed by atoms with Gasteiger partial charge >= 0.3 is 12.2 Å². The summed E-state index contributed by atoms with van der Waals surface area (Å²) in [6.45, 7) is 8.22. The summed E-state index contributed by atoms with van der Waals surface area (Å²) >= 11 is 0. The third-order valence-corrected chi connectivity index (χ3v) is 7.23. The van der Waals surface area contributed by atoms with E-state index in [2.05, 4.69) is 20.2 Å². The second-order valence-corrected chi connectivity index (χ2v) is 10.9. The first-order chi connectivity index (χ1) is 19.3. The molecule has 2 N–H and O–H groups in total. The van der Waals surface area contributed by atoms with Crippen molar-refractivity contribution in [3.63, 3.8) is 0 Å². The number of piperidine rings is 1. The number of carbonyl (C=O) groups is 2. The third kappa shape index (κ3) is 6.32. The summed E-state index contributed by atoms with van der Waals surface area (Å²) in [5, 5.41) is 4.74. The quantitative estimate of drug-likeness (QED) is 0.528. The Labute approximate surface area is 235 Å². The molecule has 3 atom stereocenters. The van der Waals surface area contributed by atoms with Crippen LogP contribution >= 0.6 is 0 Å².